The molecule has 1 saturated heterocycles. The molecule has 1 fully saturated rings. The number of carbonyl (C=O) groups excluding carboxylic acids is 1. The predicted molar refractivity (Wildman–Crippen MR) is 96.6 cm³/mol. The second kappa shape index (κ2) is 8.62. The summed E-state index contributed by atoms with van der Waals surface area (Å²) in [6.07, 6.45) is 2.41. The lowest BCUT2D eigenvalue weighted by molar-refractivity contribution is 0.220. The van der Waals surface area contributed by atoms with E-state index in [9.17, 15) is 9.18 Å². The lowest BCUT2D eigenvalue weighted by atomic mass is 10.1. The molecule has 2 N–H and O–H groups in total. The van der Waals surface area contributed by atoms with E-state index >= 15 is 0 Å². The Balaban J connectivity index is 1.54. The smallest absolute Gasteiger partial charge is 0.315 e. The van der Waals surface area contributed by atoms with Gasteiger partial charge in [0.15, 0.2) is 0 Å². The van der Waals surface area contributed by atoms with Gasteiger partial charge in [0.2, 0.25) is 0 Å². The Kier molecular flexibility index (Phi) is 6.01. The van der Waals surface area contributed by atoms with Gasteiger partial charge in [0, 0.05) is 13.1 Å². The minimum Gasteiger partial charge on any atom is -0.336 e. The van der Waals surface area contributed by atoms with E-state index in [0.717, 1.165) is 18.7 Å². The zero-order valence-corrected chi connectivity index (χ0v) is 14.2. The lowest BCUT2D eigenvalue weighted by Gasteiger charge is -2.28. The zero-order valence-electron chi connectivity index (χ0n) is 14.2. The summed E-state index contributed by atoms with van der Waals surface area (Å²) in [7, 11) is 0. The fourth-order valence-corrected chi connectivity index (χ4v) is 3.27. The average Bonchev–Trinajstić information content (AvgIpc) is 3.15. The minimum absolute atomic E-state index is 0.184. The number of hydrogen-bond acceptors (Lipinski definition) is 2. The number of carbonyl (C=O) groups is 1. The second-order valence-electron chi connectivity index (χ2n) is 6.36. The molecule has 2 amide bonds. The fourth-order valence-electron chi connectivity index (χ4n) is 3.27. The molecule has 1 aliphatic rings. The maximum Gasteiger partial charge on any atom is 0.315 e. The molecule has 1 unspecified atom stereocenters. The number of nitrogens with one attached hydrogen (secondary N) is 2. The van der Waals surface area contributed by atoms with E-state index in [2.05, 4.69) is 27.7 Å². The highest BCUT2D eigenvalue weighted by atomic mass is 19.1. The van der Waals surface area contributed by atoms with Gasteiger partial charge in [-0.1, -0.05) is 42.5 Å². The van der Waals surface area contributed by atoms with Gasteiger partial charge in [-0.15, -0.1) is 0 Å². The Bertz CT molecular complexity index is 686. The highest BCUT2D eigenvalue weighted by Crippen LogP contribution is 2.24. The number of rotatable bonds is 6. The molecule has 2 aromatic rings. The summed E-state index contributed by atoms with van der Waals surface area (Å²) in [5, 5.41) is 5.75. The van der Waals surface area contributed by atoms with Crippen LogP contribution in [0.1, 0.15) is 30.0 Å². The van der Waals surface area contributed by atoms with Crippen LogP contribution in [0.2, 0.25) is 0 Å². The average molecular weight is 341 g/mol. The van der Waals surface area contributed by atoms with E-state index in [1.165, 1.54) is 30.5 Å². The Labute approximate surface area is 148 Å². The molecule has 1 atom stereocenters. The molecule has 3 rings (SSSR count). The predicted octanol–water partition coefficient (Wildman–Crippen LogP) is 3.46. The van der Waals surface area contributed by atoms with Gasteiger partial charge in [-0.2, -0.15) is 0 Å². The van der Waals surface area contributed by atoms with Gasteiger partial charge in [0.25, 0.3) is 0 Å². The largest absolute Gasteiger partial charge is 0.336 e. The van der Waals surface area contributed by atoms with Crippen LogP contribution in [0, 0.1) is 5.82 Å². The molecule has 5 heteroatoms. The number of amides is 2. The first-order valence-corrected chi connectivity index (χ1v) is 8.77. The monoisotopic (exact) mass is 341 g/mol. The van der Waals surface area contributed by atoms with Crippen LogP contribution < -0.4 is 10.6 Å². The first-order chi connectivity index (χ1) is 12.2. The van der Waals surface area contributed by atoms with Crippen LogP contribution in [-0.2, 0) is 6.54 Å². The molecule has 0 bridgehead atoms. The quantitative estimate of drug-likeness (QED) is 0.845. The van der Waals surface area contributed by atoms with Crippen LogP contribution in [0.4, 0.5) is 9.18 Å². The third-order valence-electron chi connectivity index (χ3n) is 4.56. The van der Waals surface area contributed by atoms with Crippen LogP contribution in [-0.4, -0.2) is 30.6 Å². The SMILES string of the molecule is O=C(NCc1cccc(F)c1)NCC(c1ccccc1)N1CCCC1. The first kappa shape index (κ1) is 17.4. The van der Waals surface area contributed by atoms with Gasteiger partial charge < -0.3 is 10.6 Å². The molecule has 0 saturated carbocycles. The van der Waals surface area contributed by atoms with Crippen LogP contribution in [0.25, 0.3) is 0 Å². The first-order valence-electron chi connectivity index (χ1n) is 8.77. The molecule has 25 heavy (non-hydrogen) atoms. The molecular weight excluding hydrogens is 317 g/mol. The zero-order chi connectivity index (χ0) is 17.5. The van der Waals surface area contributed by atoms with Gasteiger partial charge in [0.1, 0.15) is 5.82 Å². The number of nitrogens with zero attached hydrogens (tertiary/aromatic N) is 1. The number of halogens is 1. The number of benzene rings is 2. The highest BCUT2D eigenvalue weighted by molar-refractivity contribution is 5.73. The fraction of sp³-hybridized carbons (Fsp3) is 0.350. The normalized spacial score (nSPS) is 15.7. The van der Waals surface area contributed by atoms with Crippen LogP contribution in [0.15, 0.2) is 54.6 Å². The van der Waals surface area contributed by atoms with Gasteiger partial charge in [-0.05, 0) is 49.2 Å². The maximum atomic E-state index is 13.2. The summed E-state index contributed by atoms with van der Waals surface area (Å²) in [6.45, 7) is 2.99. The van der Waals surface area contributed by atoms with Crippen molar-refractivity contribution < 1.29 is 9.18 Å². The Morgan fingerprint density at radius 1 is 1.04 bits per heavy atom. The van der Waals surface area contributed by atoms with E-state index in [-0.39, 0.29) is 17.9 Å². The molecule has 0 spiro atoms. The van der Waals surface area contributed by atoms with Crippen molar-refractivity contribution in [2.24, 2.45) is 0 Å². The standard InChI is InChI=1S/C20H24FN3O/c21-18-10-6-7-16(13-18)14-22-20(25)23-15-19(24-11-4-5-12-24)17-8-2-1-3-9-17/h1-3,6-10,13,19H,4-5,11-12,14-15H2,(H2,22,23,25). The molecule has 132 valence electrons. The summed E-state index contributed by atoms with van der Waals surface area (Å²) < 4.78 is 13.2. The van der Waals surface area contributed by atoms with Crippen molar-refractivity contribution >= 4 is 6.03 Å². The van der Waals surface area contributed by atoms with Crippen molar-refractivity contribution in [1.82, 2.24) is 15.5 Å². The van der Waals surface area contributed by atoms with E-state index in [4.69, 9.17) is 0 Å². The van der Waals surface area contributed by atoms with Gasteiger partial charge >= 0.3 is 6.03 Å². The summed E-state index contributed by atoms with van der Waals surface area (Å²) >= 11 is 0. The van der Waals surface area contributed by atoms with Gasteiger partial charge in [-0.3, -0.25) is 4.90 Å². The van der Waals surface area contributed by atoms with Crippen molar-refractivity contribution in [2.45, 2.75) is 25.4 Å². The molecular formula is C20H24FN3O. The molecule has 1 aliphatic heterocycles. The third-order valence-corrected chi connectivity index (χ3v) is 4.56. The lowest BCUT2D eigenvalue weighted by Crippen LogP contribution is -2.41. The number of likely N-dealkylation sites (tertiary alicyclic amines) is 1. The third kappa shape index (κ3) is 5.03. The van der Waals surface area contributed by atoms with Gasteiger partial charge in [0.05, 0.1) is 6.04 Å². The number of hydrogen-bond donors (Lipinski definition) is 2. The topological polar surface area (TPSA) is 44.4 Å². The summed E-state index contributed by atoms with van der Waals surface area (Å²) in [6, 6.07) is 16.5. The summed E-state index contributed by atoms with van der Waals surface area (Å²) in [5.41, 5.74) is 1.96. The van der Waals surface area contributed by atoms with Gasteiger partial charge in [-0.25, -0.2) is 9.18 Å². The highest BCUT2D eigenvalue weighted by Gasteiger charge is 2.23. The van der Waals surface area contributed by atoms with Crippen LogP contribution in [0.3, 0.4) is 0 Å². The molecule has 0 radical (unpaired) electrons. The summed E-state index contributed by atoms with van der Waals surface area (Å²) in [4.78, 5) is 14.5. The molecule has 4 nitrogen and oxygen atoms in total. The summed E-state index contributed by atoms with van der Waals surface area (Å²) in [5.74, 6) is -0.294. The molecule has 2 aromatic carbocycles. The van der Waals surface area contributed by atoms with Crippen molar-refractivity contribution in [3.8, 4) is 0 Å². The molecule has 0 aliphatic carbocycles. The maximum absolute atomic E-state index is 13.2. The van der Waals surface area contributed by atoms with Crippen molar-refractivity contribution in [3.63, 3.8) is 0 Å². The second-order valence-corrected chi connectivity index (χ2v) is 6.36. The van der Waals surface area contributed by atoms with Crippen molar-refractivity contribution in [2.75, 3.05) is 19.6 Å². The van der Waals surface area contributed by atoms with Crippen molar-refractivity contribution in [3.05, 3.63) is 71.5 Å². The van der Waals surface area contributed by atoms with E-state index < -0.39 is 0 Å². The van der Waals surface area contributed by atoms with Crippen molar-refractivity contribution in [1.29, 1.82) is 0 Å². The van der Waals surface area contributed by atoms with E-state index in [1.807, 2.05) is 18.2 Å². The minimum atomic E-state index is -0.294. The Morgan fingerprint density at radius 2 is 1.80 bits per heavy atom. The van der Waals surface area contributed by atoms with E-state index in [0.29, 0.717) is 13.1 Å². The molecule has 1 heterocycles. The Hall–Kier alpha value is -2.40. The Morgan fingerprint density at radius 3 is 2.52 bits per heavy atom. The van der Waals surface area contributed by atoms with Crippen LogP contribution >= 0.6 is 0 Å². The molecule has 0 aromatic heterocycles. The van der Waals surface area contributed by atoms with Crippen LogP contribution in [0.5, 0.6) is 0 Å². The number of urea groups is 1. The van der Waals surface area contributed by atoms with E-state index in [1.54, 1.807) is 12.1 Å².